The van der Waals surface area contributed by atoms with E-state index in [9.17, 15) is 0 Å². The fourth-order valence-corrected chi connectivity index (χ4v) is 5.35. The molecule has 1 atom stereocenters. The van der Waals surface area contributed by atoms with Crippen molar-refractivity contribution < 1.29 is 19.8 Å². The number of hydrogen-bond donors (Lipinski definition) is 2. The number of carbonyl (C=O) groups is 2. The number of aryl methyl sites for hydroxylation is 2. The van der Waals surface area contributed by atoms with E-state index in [1.807, 2.05) is 36.0 Å². The van der Waals surface area contributed by atoms with Crippen molar-refractivity contribution in [1.82, 2.24) is 9.55 Å². The van der Waals surface area contributed by atoms with Crippen LogP contribution in [0.1, 0.15) is 37.5 Å². The van der Waals surface area contributed by atoms with E-state index in [0.717, 1.165) is 12.3 Å². The quantitative estimate of drug-likeness (QED) is 0.308. The first-order valence-electron chi connectivity index (χ1n) is 10.8. The van der Waals surface area contributed by atoms with E-state index in [1.54, 1.807) is 0 Å². The van der Waals surface area contributed by atoms with Crippen LogP contribution in [0, 0.1) is 13.8 Å². The lowest BCUT2D eigenvalue weighted by atomic mass is 9.86. The first-order chi connectivity index (χ1) is 16.0. The van der Waals surface area contributed by atoms with Gasteiger partial charge in [-0.3, -0.25) is 0 Å². The van der Waals surface area contributed by atoms with Crippen molar-refractivity contribution in [1.29, 1.82) is 0 Å². The molecule has 1 aromatic heterocycles. The van der Waals surface area contributed by atoms with Crippen molar-refractivity contribution in [3.63, 3.8) is 0 Å². The third kappa shape index (κ3) is 9.27. The number of hydrogen-bond acceptors (Lipinski definition) is 5. The molecular formula is C26H32N2O4S2. The van der Waals surface area contributed by atoms with Crippen LogP contribution in [0.25, 0.3) is 0 Å². The lowest BCUT2D eigenvalue weighted by molar-refractivity contribution is -0.159. The molecule has 34 heavy (non-hydrogen) atoms. The minimum atomic E-state index is -1.82. The van der Waals surface area contributed by atoms with Gasteiger partial charge >= 0.3 is 11.9 Å². The minimum absolute atomic E-state index is 0.194. The Morgan fingerprint density at radius 2 is 1.68 bits per heavy atom. The Kier molecular flexibility index (Phi) is 10.3. The van der Waals surface area contributed by atoms with Crippen LogP contribution >= 0.6 is 23.5 Å². The highest BCUT2D eigenvalue weighted by molar-refractivity contribution is 8.03. The highest BCUT2D eigenvalue weighted by Crippen LogP contribution is 2.33. The van der Waals surface area contributed by atoms with E-state index >= 15 is 0 Å². The van der Waals surface area contributed by atoms with Crippen molar-refractivity contribution in [2.75, 3.05) is 5.75 Å². The molecule has 0 amide bonds. The molecule has 0 aliphatic carbocycles. The largest absolute Gasteiger partial charge is 0.473 e. The summed E-state index contributed by atoms with van der Waals surface area (Å²) in [6.45, 7) is 12.1. The predicted molar refractivity (Wildman–Crippen MR) is 139 cm³/mol. The smallest absolute Gasteiger partial charge is 0.414 e. The van der Waals surface area contributed by atoms with Crippen molar-refractivity contribution in [3.8, 4) is 0 Å². The van der Waals surface area contributed by atoms with E-state index in [-0.39, 0.29) is 5.41 Å². The van der Waals surface area contributed by atoms with Gasteiger partial charge in [-0.05, 0) is 48.6 Å². The molecule has 1 heterocycles. The Morgan fingerprint density at radius 3 is 2.18 bits per heavy atom. The van der Waals surface area contributed by atoms with Gasteiger partial charge in [0.2, 0.25) is 0 Å². The second-order valence-corrected chi connectivity index (χ2v) is 11.4. The highest BCUT2D eigenvalue weighted by Gasteiger charge is 2.16. The second-order valence-electron chi connectivity index (χ2n) is 8.96. The maximum atomic E-state index is 9.10. The highest BCUT2D eigenvalue weighted by atomic mass is 32.2. The lowest BCUT2D eigenvalue weighted by Gasteiger charge is -2.21. The van der Waals surface area contributed by atoms with Crippen LogP contribution in [0.15, 0.2) is 71.0 Å². The molecule has 182 valence electrons. The number of thioether (sulfide) groups is 2. The van der Waals surface area contributed by atoms with Gasteiger partial charge in [0.05, 0.1) is 6.33 Å². The van der Waals surface area contributed by atoms with Crippen LogP contribution in [-0.2, 0) is 21.5 Å². The first kappa shape index (κ1) is 27.5. The van der Waals surface area contributed by atoms with Crippen LogP contribution in [0.5, 0.6) is 0 Å². The average molecular weight is 501 g/mol. The van der Waals surface area contributed by atoms with E-state index in [2.05, 4.69) is 92.8 Å². The summed E-state index contributed by atoms with van der Waals surface area (Å²) in [7, 11) is 0. The summed E-state index contributed by atoms with van der Waals surface area (Å²) >= 11 is 3.92. The van der Waals surface area contributed by atoms with E-state index in [1.165, 1.54) is 26.5 Å². The van der Waals surface area contributed by atoms with Gasteiger partial charge in [0.25, 0.3) is 0 Å². The lowest BCUT2D eigenvalue weighted by Crippen LogP contribution is -2.15. The Hall–Kier alpha value is -2.71. The number of benzene rings is 2. The molecule has 0 aliphatic rings. The molecule has 3 aromatic rings. The second kappa shape index (κ2) is 12.7. The summed E-state index contributed by atoms with van der Waals surface area (Å²) < 4.78 is 2.18. The Morgan fingerprint density at radius 1 is 1.03 bits per heavy atom. The van der Waals surface area contributed by atoms with Crippen LogP contribution in [-0.4, -0.2) is 42.7 Å². The average Bonchev–Trinajstić information content (AvgIpc) is 3.27. The number of rotatable bonds is 7. The Bertz CT molecular complexity index is 1060. The fraction of sp³-hybridized carbons (Fsp3) is 0.346. The molecule has 2 aromatic carbocycles. The van der Waals surface area contributed by atoms with E-state index < -0.39 is 11.9 Å². The number of aromatic nitrogens is 2. The summed E-state index contributed by atoms with van der Waals surface area (Å²) in [6, 6.07) is 15.8. The number of imidazole rings is 1. The number of aliphatic carboxylic acids is 2. The summed E-state index contributed by atoms with van der Waals surface area (Å²) in [5.74, 6) is -2.59. The molecule has 0 saturated heterocycles. The molecule has 0 bridgehead atoms. The zero-order chi connectivity index (χ0) is 25.3. The van der Waals surface area contributed by atoms with Gasteiger partial charge in [0, 0.05) is 39.7 Å². The number of nitrogens with zero attached hydrogens (tertiary/aromatic N) is 2. The third-order valence-corrected chi connectivity index (χ3v) is 7.69. The number of carboxylic acids is 2. The zero-order valence-electron chi connectivity index (χ0n) is 20.2. The van der Waals surface area contributed by atoms with Crippen molar-refractivity contribution in [2.24, 2.45) is 0 Å². The van der Waals surface area contributed by atoms with Gasteiger partial charge < -0.3 is 14.8 Å². The van der Waals surface area contributed by atoms with Crippen LogP contribution < -0.4 is 0 Å². The summed E-state index contributed by atoms with van der Waals surface area (Å²) in [6.07, 6.45) is 5.82. The maximum Gasteiger partial charge on any atom is 0.414 e. The van der Waals surface area contributed by atoms with Gasteiger partial charge in [-0.2, -0.15) is 0 Å². The first-order valence-corrected chi connectivity index (χ1v) is 12.7. The molecule has 1 unspecified atom stereocenters. The van der Waals surface area contributed by atoms with Gasteiger partial charge in [-0.25, -0.2) is 14.6 Å². The Labute approximate surface area is 209 Å². The van der Waals surface area contributed by atoms with Gasteiger partial charge in [-0.1, -0.05) is 50.6 Å². The standard InChI is InChI=1S/C24H30N2S2.C2H2O4/c1-18-6-9-21(10-7-18)28-22(15-26-13-12-25-17-26)16-27-23-11-8-20(14-19(23)2)24(3,4)5;3-1(4)2(5)6/h6-14,17,22H,15-16H2,1-5H3;(H,3,4)(H,5,6). The molecule has 3 rings (SSSR count). The van der Waals surface area contributed by atoms with E-state index in [4.69, 9.17) is 19.8 Å². The van der Waals surface area contributed by atoms with Gasteiger partial charge in [0.15, 0.2) is 0 Å². The topological polar surface area (TPSA) is 92.4 Å². The van der Waals surface area contributed by atoms with Crippen molar-refractivity contribution in [3.05, 3.63) is 77.9 Å². The van der Waals surface area contributed by atoms with E-state index in [0.29, 0.717) is 5.25 Å². The Balaban J connectivity index is 0.000000604. The van der Waals surface area contributed by atoms with Crippen LogP contribution in [0.2, 0.25) is 0 Å². The molecule has 0 fully saturated rings. The normalized spacial score (nSPS) is 11.9. The molecule has 6 nitrogen and oxygen atoms in total. The number of carboxylic acid groups (broad SMARTS) is 2. The molecule has 0 saturated carbocycles. The molecule has 0 radical (unpaired) electrons. The summed E-state index contributed by atoms with van der Waals surface area (Å²) in [5.41, 5.74) is 4.27. The molecule has 2 N–H and O–H groups in total. The minimum Gasteiger partial charge on any atom is -0.473 e. The molecule has 8 heteroatoms. The van der Waals surface area contributed by atoms with Crippen molar-refractivity contribution in [2.45, 2.75) is 61.6 Å². The van der Waals surface area contributed by atoms with Gasteiger partial charge in [-0.15, -0.1) is 23.5 Å². The maximum absolute atomic E-state index is 9.10. The van der Waals surface area contributed by atoms with Crippen LogP contribution in [0.3, 0.4) is 0 Å². The van der Waals surface area contributed by atoms with Crippen molar-refractivity contribution >= 4 is 35.5 Å². The van der Waals surface area contributed by atoms with Crippen LogP contribution in [0.4, 0.5) is 0 Å². The molecule has 0 spiro atoms. The molecular weight excluding hydrogens is 468 g/mol. The SMILES string of the molecule is Cc1ccc(SC(CSc2ccc(C(C)(C)C)cc2C)Cn2ccnc2)cc1.O=C(O)C(=O)O. The monoisotopic (exact) mass is 500 g/mol. The summed E-state index contributed by atoms with van der Waals surface area (Å²) in [4.78, 5) is 25.1. The zero-order valence-corrected chi connectivity index (χ0v) is 21.8. The third-order valence-electron chi connectivity index (χ3n) is 4.95. The summed E-state index contributed by atoms with van der Waals surface area (Å²) in [5, 5.41) is 15.3. The van der Waals surface area contributed by atoms with Gasteiger partial charge in [0.1, 0.15) is 0 Å². The predicted octanol–water partition coefficient (Wildman–Crippen LogP) is 5.91. The molecule has 0 aliphatic heterocycles. The fourth-order valence-electron chi connectivity index (χ4n) is 3.02.